The Balaban J connectivity index is 1.87. The number of rotatable bonds is 5. The second-order valence-electron chi connectivity index (χ2n) is 7.01. The van der Waals surface area contributed by atoms with Crippen molar-refractivity contribution in [1.29, 1.82) is 0 Å². The summed E-state index contributed by atoms with van der Waals surface area (Å²) in [6.07, 6.45) is 4.58. The fourth-order valence-corrected chi connectivity index (χ4v) is 4.41. The van der Waals surface area contributed by atoms with Crippen LogP contribution in [0.3, 0.4) is 0 Å². The molecule has 2 fully saturated rings. The van der Waals surface area contributed by atoms with Gasteiger partial charge >= 0.3 is 5.97 Å². The Morgan fingerprint density at radius 1 is 1.36 bits per heavy atom. The first kappa shape index (κ1) is 18.3. The molecule has 0 saturated carbocycles. The molecule has 4 atom stereocenters. The zero-order valence-corrected chi connectivity index (χ0v) is 15.7. The van der Waals surface area contributed by atoms with E-state index in [4.69, 9.17) is 4.74 Å². The number of imidazole rings is 1. The summed E-state index contributed by atoms with van der Waals surface area (Å²) in [5, 5.41) is 7.41. The van der Waals surface area contributed by atoms with Crippen LogP contribution in [0.25, 0.3) is 0 Å². The molecule has 2 saturated heterocycles. The molecule has 2 aliphatic heterocycles. The van der Waals surface area contributed by atoms with Gasteiger partial charge in [-0.1, -0.05) is 0 Å². The average Bonchev–Trinajstić information content (AvgIpc) is 3.46. The van der Waals surface area contributed by atoms with Gasteiger partial charge in [0.15, 0.2) is 0 Å². The van der Waals surface area contributed by atoms with Crippen LogP contribution in [0, 0.1) is 11.8 Å². The van der Waals surface area contributed by atoms with Gasteiger partial charge in [-0.3, -0.25) is 24.6 Å². The van der Waals surface area contributed by atoms with Crippen molar-refractivity contribution in [2.75, 3.05) is 14.2 Å². The van der Waals surface area contributed by atoms with Crippen LogP contribution in [0.5, 0.6) is 0 Å². The summed E-state index contributed by atoms with van der Waals surface area (Å²) in [6, 6.07) is -0.657. The van der Waals surface area contributed by atoms with Crippen molar-refractivity contribution in [1.82, 2.24) is 34.9 Å². The van der Waals surface area contributed by atoms with Gasteiger partial charge in [-0.05, 0) is 6.92 Å². The largest absolute Gasteiger partial charge is 0.468 e. The van der Waals surface area contributed by atoms with Crippen molar-refractivity contribution in [3.8, 4) is 0 Å². The second kappa shape index (κ2) is 6.51. The highest BCUT2D eigenvalue weighted by atomic mass is 16.5. The highest BCUT2D eigenvalue weighted by molar-refractivity contribution is 6.09. The number of ether oxygens (including phenoxy) is 1. The minimum absolute atomic E-state index is 0.116. The van der Waals surface area contributed by atoms with Gasteiger partial charge in [0.05, 0.1) is 31.3 Å². The quantitative estimate of drug-likeness (QED) is 0.495. The van der Waals surface area contributed by atoms with Gasteiger partial charge in [0, 0.05) is 31.9 Å². The van der Waals surface area contributed by atoms with Gasteiger partial charge in [0.25, 0.3) is 0 Å². The summed E-state index contributed by atoms with van der Waals surface area (Å²) in [4.78, 5) is 51.3. The Labute approximate surface area is 160 Å². The van der Waals surface area contributed by atoms with E-state index in [0.717, 1.165) is 4.90 Å². The molecule has 0 aromatic carbocycles. The molecule has 0 aliphatic carbocycles. The molecular weight excluding hydrogens is 366 g/mol. The number of amides is 2. The van der Waals surface area contributed by atoms with E-state index in [1.54, 1.807) is 10.9 Å². The molecule has 0 unspecified atom stereocenters. The third-order valence-corrected chi connectivity index (χ3v) is 5.67. The number of carbonyl (C=O) groups excluding carboxylic acids is 3. The fourth-order valence-electron chi connectivity index (χ4n) is 4.41. The second-order valence-corrected chi connectivity index (χ2v) is 7.01. The Hall–Kier alpha value is -3.08. The van der Waals surface area contributed by atoms with Crippen LogP contribution in [-0.4, -0.2) is 67.1 Å². The summed E-state index contributed by atoms with van der Waals surface area (Å²) in [6.45, 7) is 2.44. The predicted octanol–water partition coefficient (Wildman–Crippen LogP) is -0.949. The van der Waals surface area contributed by atoms with Crippen LogP contribution >= 0.6 is 0 Å². The number of methoxy groups -OCH3 is 1. The zero-order valence-electron chi connectivity index (χ0n) is 15.7. The standard InChI is InChI=1S/C17H21N7O4/c1-4-24-13(20-8-21-24)12-10-11(15(26)23(2)14(10)25)17(22-12,16(27)28-3)5-9-6-18-7-19-9/h6-8,10-12,22H,4-5H2,1-3H3,(H,18,19)/t10-,11-,12+,17-/m0/s1. The maximum Gasteiger partial charge on any atom is 0.327 e. The van der Waals surface area contributed by atoms with Crippen LogP contribution in [0.1, 0.15) is 24.5 Å². The minimum Gasteiger partial charge on any atom is -0.468 e. The van der Waals surface area contributed by atoms with Crippen LogP contribution in [0.15, 0.2) is 18.9 Å². The number of carbonyl (C=O) groups is 3. The molecule has 2 aromatic heterocycles. The van der Waals surface area contributed by atoms with Crippen molar-refractivity contribution in [2.24, 2.45) is 11.8 Å². The number of hydrogen-bond donors (Lipinski definition) is 2. The molecule has 11 heteroatoms. The molecule has 11 nitrogen and oxygen atoms in total. The van der Waals surface area contributed by atoms with E-state index in [1.807, 2.05) is 6.92 Å². The maximum atomic E-state index is 13.0. The third kappa shape index (κ3) is 2.39. The van der Waals surface area contributed by atoms with E-state index < -0.39 is 35.3 Å². The number of aromatic amines is 1. The zero-order chi connectivity index (χ0) is 20.1. The number of aromatic nitrogens is 5. The topological polar surface area (TPSA) is 135 Å². The number of fused-ring (bicyclic) bond motifs is 1. The van der Waals surface area contributed by atoms with E-state index in [1.165, 1.54) is 26.8 Å². The lowest BCUT2D eigenvalue weighted by Crippen LogP contribution is -2.57. The number of likely N-dealkylation sites (tertiary alicyclic amines) is 1. The van der Waals surface area contributed by atoms with E-state index in [0.29, 0.717) is 18.1 Å². The molecule has 4 heterocycles. The summed E-state index contributed by atoms with van der Waals surface area (Å²) in [7, 11) is 2.70. The summed E-state index contributed by atoms with van der Waals surface area (Å²) in [5.74, 6) is -2.59. The number of nitrogens with one attached hydrogen (secondary N) is 2. The van der Waals surface area contributed by atoms with Crippen LogP contribution in [0.4, 0.5) is 0 Å². The van der Waals surface area contributed by atoms with Crippen molar-refractivity contribution in [2.45, 2.75) is 31.5 Å². The molecule has 4 rings (SSSR count). The Morgan fingerprint density at radius 2 is 2.14 bits per heavy atom. The van der Waals surface area contributed by atoms with Crippen molar-refractivity contribution >= 4 is 17.8 Å². The van der Waals surface area contributed by atoms with E-state index in [9.17, 15) is 14.4 Å². The van der Waals surface area contributed by atoms with Crippen LogP contribution in [-0.2, 0) is 32.1 Å². The van der Waals surface area contributed by atoms with E-state index in [2.05, 4.69) is 25.4 Å². The van der Waals surface area contributed by atoms with Crippen LogP contribution < -0.4 is 5.32 Å². The SMILES string of the molecule is CCn1ncnc1[C@@H]1N[C@](Cc2cnc[nH]2)(C(=O)OC)[C@@H]2C(=O)N(C)C(=O)[C@@H]21. The monoisotopic (exact) mass is 387 g/mol. The highest BCUT2D eigenvalue weighted by Gasteiger charge is 2.69. The van der Waals surface area contributed by atoms with E-state index in [-0.39, 0.29) is 12.3 Å². The Morgan fingerprint density at radius 3 is 2.79 bits per heavy atom. The molecule has 0 bridgehead atoms. The molecule has 0 radical (unpaired) electrons. The molecule has 0 spiro atoms. The van der Waals surface area contributed by atoms with Gasteiger partial charge in [-0.2, -0.15) is 5.10 Å². The minimum atomic E-state index is -1.43. The van der Waals surface area contributed by atoms with Gasteiger partial charge in [-0.25, -0.2) is 14.6 Å². The number of H-pyrrole nitrogens is 1. The van der Waals surface area contributed by atoms with Crippen LogP contribution in [0.2, 0.25) is 0 Å². The first-order valence-corrected chi connectivity index (χ1v) is 8.97. The van der Waals surface area contributed by atoms with Crippen molar-refractivity contribution < 1.29 is 19.1 Å². The summed E-state index contributed by atoms with van der Waals surface area (Å²) >= 11 is 0. The molecule has 2 amide bonds. The third-order valence-electron chi connectivity index (χ3n) is 5.67. The van der Waals surface area contributed by atoms with Gasteiger partial charge in [0.2, 0.25) is 11.8 Å². The normalized spacial score (nSPS) is 29.4. The van der Waals surface area contributed by atoms with Crippen molar-refractivity contribution in [3.63, 3.8) is 0 Å². The first-order chi connectivity index (χ1) is 13.4. The predicted molar refractivity (Wildman–Crippen MR) is 93.4 cm³/mol. The Bertz CT molecular complexity index is 924. The van der Waals surface area contributed by atoms with Gasteiger partial charge < -0.3 is 9.72 Å². The molecule has 148 valence electrons. The van der Waals surface area contributed by atoms with Gasteiger partial charge in [-0.15, -0.1) is 0 Å². The lowest BCUT2D eigenvalue weighted by molar-refractivity contribution is -0.153. The number of nitrogens with zero attached hydrogens (tertiary/aromatic N) is 5. The number of imide groups is 1. The fraction of sp³-hybridized carbons (Fsp3) is 0.529. The number of aryl methyl sites for hydroxylation is 1. The maximum absolute atomic E-state index is 13.0. The summed E-state index contributed by atoms with van der Waals surface area (Å²) in [5.41, 5.74) is -0.789. The summed E-state index contributed by atoms with van der Waals surface area (Å²) < 4.78 is 6.72. The highest BCUT2D eigenvalue weighted by Crippen LogP contribution is 2.49. The molecule has 28 heavy (non-hydrogen) atoms. The molecule has 2 N–H and O–H groups in total. The molecule has 2 aliphatic rings. The average molecular weight is 387 g/mol. The molecule has 2 aromatic rings. The van der Waals surface area contributed by atoms with Crippen molar-refractivity contribution in [3.05, 3.63) is 30.4 Å². The first-order valence-electron chi connectivity index (χ1n) is 8.97. The lowest BCUT2D eigenvalue weighted by atomic mass is 9.77. The Kier molecular flexibility index (Phi) is 4.26. The molecular formula is C17H21N7O4. The smallest absolute Gasteiger partial charge is 0.327 e. The van der Waals surface area contributed by atoms with E-state index >= 15 is 0 Å². The number of hydrogen-bond acceptors (Lipinski definition) is 8. The number of esters is 1. The van der Waals surface area contributed by atoms with Gasteiger partial charge in [0.1, 0.15) is 17.7 Å². The lowest BCUT2D eigenvalue weighted by Gasteiger charge is -2.31.